The first-order valence-electron chi connectivity index (χ1n) is 6.49. The van der Waals surface area contributed by atoms with Crippen molar-refractivity contribution in [3.05, 3.63) is 33.1 Å². The maximum atomic E-state index is 12.3. The third-order valence-electron chi connectivity index (χ3n) is 3.45. The van der Waals surface area contributed by atoms with Crippen molar-refractivity contribution in [1.82, 2.24) is 9.55 Å². The van der Waals surface area contributed by atoms with E-state index in [4.69, 9.17) is 10.5 Å². The molecule has 1 aliphatic rings. The molecule has 22 heavy (non-hydrogen) atoms. The van der Waals surface area contributed by atoms with Gasteiger partial charge in [-0.25, -0.2) is 9.18 Å². The van der Waals surface area contributed by atoms with Crippen molar-refractivity contribution in [3.63, 3.8) is 0 Å². The fourth-order valence-electron chi connectivity index (χ4n) is 2.36. The van der Waals surface area contributed by atoms with Crippen LogP contribution in [-0.2, 0) is 4.74 Å². The van der Waals surface area contributed by atoms with Gasteiger partial charge in [-0.1, -0.05) is 11.8 Å². The van der Waals surface area contributed by atoms with Gasteiger partial charge < -0.3 is 20.7 Å². The van der Waals surface area contributed by atoms with E-state index in [9.17, 15) is 24.2 Å². The molecule has 8 nitrogen and oxygen atoms in total. The number of hydrogen-bond donors (Lipinski definition) is 4. The summed E-state index contributed by atoms with van der Waals surface area (Å²) in [7, 11) is 0. The third-order valence-corrected chi connectivity index (χ3v) is 3.45. The van der Waals surface area contributed by atoms with Crippen molar-refractivity contribution in [1.29, 1.82) is 0 Å². The molecule has 0 aromatic carbocycles. The highest BCUT2D eigenvalue weighted by Gasteiger charge is 2.55. The zero-order valence-corrected chi connectivity index (χ0v) is 11.7. The molecule has 5 atom stereocenters. The molecule has 1 aliphatic heterocycles. The van der Waals surface area contributed by atoms with E-state index < -0.39 is 48.0 Å². The summed E-state index contributed by atoms with van der Waals surface area (Å²) in [5.41, 5.74) is 2.75. The summed E-state index contributed by atoms with van der Waals surface area (Å²) < 4.78 is 18.7. The summed E-state index contributed by atoms with van der Waals surface area (Å²) >= 11 is 0. The molecule has 0 bridgehead atoms. The van der Waals surface area contributed by atoms with Crippen LogP contribution in [0.5, 0.6) is 0 Å². The van der Waals surface area contributed by atoms with Gasteiger partial charge in [-0.05, 0) is 6.92 Å². The maximum Gasteiger partial charge on any atom is 0.330 e. The molecule has 0 aliphatic carbocycles. The Kier molecular flexibility index (Phi) is 4.48. The van der Waals surface area contributed by atoms with Gasteiger partial charge in [0.25, 0.3) is 5.56 Å². The van der Waals surface area contributed by atoms with Gasteiger partial charge in [-0.2, -0.15) is 0 Å². The maximum absolute atomic E-state index is 12.3. The number of ether oxygens (including phenoxy) is 1. The number of alkyl halides is 1. The number of H-pyrrole nitrogens is 1. The normalized spacial score (nSPS) is 32.3. The molecule has 5 N–H and O–H groups in total. The number of nitrogens with one attached hydrogen (secondary N) is 1. The summed E-state index contributed by atoms with van der Waals surface area (Å²) in [6, 6.07) is 1.07. The Bertz CT molecular complexity index is 719. The van der Waals surface area contributed by atoms with Crippen molar-refractivity contribution in [2.45, 2.75) is 37.0 Å². The topological polar surface area (TPSA) is 131 Å². The Hall–Kier alpha value is -1.99. The molecule has 2 heterocycles. The fraction of sp³-hybridized carbons (Fsp3) is 0.538. The van der Waals surface area contributed by atoms with Crippen molar-refractivity contribution in [2.24, 2.45) is 5.73 Å². The predicted octanol–water partition coefficient (Wildman–Crippen LogP) is -2.15. The van der Waals surface area contributed by atoms with E-state index in [0.717, 1.165) is 16.8 Å². The van der Waals surface area contributed by atoms with Crippen LogP contribution < -0.4 is 17.0 Å². The van der Waals surface area contributed by atoms with Gasteiger partial charge in [0, 0.05) is 12.3 Å². The van der Waals surface area contributed by atoms with Crippen LogP contribution >= 0.6 is 0 Å². The fourth-order valence-corrected chi connectivity index (χ4v) is 2.36. The highest BCUT2D eigenvalue weighted by atomic mass is 19.1. The van der Waals surface area contributed by atoms with Gasteiger partial charge in [0.05, 0.1) is 6.10 Å². The van der Waals surface area contributed by atoms with Crippen LogP contribution in [0.2, 0.25) is 0 Å². The largest absolute Gasteiger partial charge is 0.391 e. The minimum absolute atomic E-state index is 0.621. The molecule has 2 rings (SSSR count). The smallest absolute Gasteiger partial charge is 0.330 e. The summed E-state index contributed by atoms with van der Waals surface area (Å²) in [5, 5.41) is 19.9. The zero-order valence-electron chi connectivity index (χ0n) is 11.7. The van der Waals surface area contributed by atoms with Gasteiger partial charge in [0.2, 0.25) is 0 Å². The van der Waals surface area contributed by atoms with Gasteiger partial charge in [-0.15, -0.1) is 0 Å². The van der Waals surface area contributed by atoms with E-state index in [1.165, 1.54) is 6.92 Å². The Morgan fingerprint density at radius 1 is 1.64 bits per heavy atom. The van der Waals surface area contributed by atoms with E-state index in [1.54, 1.807) is 0 Å². The standard InChI is InChI=1S/C13H16FN3O5/c1-7(18)9-10(20)13(15,4-2-5-14)11(22-9)17-6-3-8(19)16-12(17)21/h3,6-7,9-11,18,20H,5,15H2,1H3,(H,16,19,21)/t7-,9+,10?,11+,13+/m0/s1. The number of aliphatic hydroxyl groups excluding tert-OH is 2. The molecule has 0 spiro atoms. The molecular formula is C13H16FN3O5. The third kappa shape index (κ3) is 2.69. The lowest BCUT2D eigenvalue weighted by atomic mass is 9.90. The molecule has 1 fully saturated rings. The second kappa shape index (κ2) is 6.02. The number of halogens is 1. The molecule has 0 amide bonds. The molecule has 1 unspecified atom stereocenters. The Morgan fingerprint density at radius 3 is 2.86 bits per heavy atom. The van der Waals surface area contributed by atoms with Crippen LogP contribution in [0.1, 0.15) is 13.2 Å². The minimum atomic E-state index is -1.82. The average Bonchev–Trinajstić information content (AvgIpc) is 2.70. The zero-order chi connectivity index (χ0) is 16.5. The Balaban J connectivity index is 2.55. The number of nitrogens with zero attached hydrogens (tertiary/aromatic N) is 1. The predicted molar refractivity (Wildman–Crippen MR) is 73.6 cm³/mol. The second-order valence-corrected chi connectivity index (χ2v) is 5.02. The first-order valence-corrected chi connectivity index (χ1v) is 6.49. The van der Waals surface area contributed by atoms with E-state index >= 15 is 0 Å². The lowest BCUT2D eigenvalue weighted by Gasteiger charge is -2.27. The van der Waals surface area contributed by atoms with E-state index in [-0.39, 0.29) is 0 Å². The first-order chi connectivity index (χ1) is 10.3. The highest BCUT2D eigenvalue weighted by molar-refractivity contribution is 5.26. The molecule has 0 radical (unpaired) electrons. The van der Waals surface area contributed by atoms with Crippen LogP contribution in [-0.4, -0.2) is 50.3 Å². The second-order valence-electron chi connectivity index (χ2n) is 5.02. The van der Waals surface area contributed by atoms with Crippen molar-refractivity contribution < 1.29 is 19.3 Å². The van der Waals surface area contributed by atoms with E-state index in [2.05, 4.69) is 11.8 Å². The molecule has 120 valence electrons. The van der Waals surface area contributed by atoms with Gasteiger partial charge in [0.15, 0.2) is 11.8 Å². The van der Waals surface area contributed by atoms with Crippen molar-refractivity contribution in [2.75, 3.05) is 6.67 Å². The SMILES string of the molecule is C[C@H](O)[C@H]1O[C@@H](n2ccc(=O)[nH]c2=O)[C@@](N)(C#CCF)C1O. The molecule has 0 saturated carbocycles. The van der Waals surface area contributed by atoms with Crippen LogP contribution in [0, 0.1) is 11.8 Å². The van der Waals surface area contributed by atoms with Gasteiger partial charge in [0.1, 0.15) is 18.9 Å². The van der Waals surface area contributed by atoms with E-state index in [0.29, 0.717) is 0 Å². The lowest BCUT2D eigenvalue weighted by molar-refractivity contribution is -0.0778. The van der Waals surface area contributed by atoms with Crippen molar-refractivity contribution >= 4 is 0 Å². The number of aliphatic hydroxyl groups is 2. The molecule has 1 aromatic rings. The Labute approximate surface area is 124 Å². The molecule has 1 aromatic heterocycles. The quantitative estimate of drug-likeness (QED) is 0.460. The monoisotopic (exact) mass is 313 g/mol. The van der Waals surface area contributed by atoms with Gasteiger partial charge >= 0.3 is 5.69 Å². The summed E-state index contributed by atoms with van der Waals surface area (Å²) in [5.74, 6) is 4.45. The van der Waals surface area contributed by atoms with Crippen molar-refractivity contribution in [3.8, 4) is 11.8 Å². The number of aromatic amines is 1. The molecular weight excluding hydrogens is 297 g/mol. The van der Waals surface area contributed by atoms with Crippen LogP contribution in [0.3, 0.4) is 0 Å². The Morgan fingerprint density at radius 2 is 2.32 bits per heavy atom. The van der Waals surface area contributed by atoms with Crippen LogP contribution in [0.4, 0.5) is 4.39 Å². The van der Waals surface area contributed by atoms with Crippen LogP contribution in [0.15, 0.2) is 21.9 Å². The van der Waals surface area contributed by atoms with Gasteiger partial charge in [-0.3, -0.25) is 14.3 Å². The van der Waals surface area contributed by atoms with Crippen LogP contribution in [0.25, 0.3) is 0 Å². The summed E-state index contributed by atoms with van der Waals surface area (Å²) in [6.45, 7) is 0.368. The number of hydrogen-bond acceptors (Lipinski definition) is 6. The minimum Gasteiger partial charge on any atom is -0.391 e. The van der Waals surface area contributed by atoms with E-state index in [1.807, 2.05) is 4.98 Å². The summed E-state index contributed by atoms with van der Waals surface area (Å²) in [4.78, 5) is 25.0. The molecule has 9 heteroatoms. The number of nitrogens with two attached hydrogens (primary N) is 1. The average molecular weight is 313 g/mol. The summed E-state index contributed by atoms with van der Waals surface area (Å²) in [6.07, 6.45) is -3.86. The lowest BCUT2D eigenvalue weighted by Crippen LogP contribution is -2.55. The number of rotatable bonds is 2. The first kappa shape index (κ1) is 16.4. The number of aromatic nitrogens is 2. The molecule has 1 saturated heterocycles. The highest BCUT2D eigenvalue weighted by Crippen LogP contribution is 2.36.